The molecule has 2 heterocycles. The molecule has 0 atom stereocenters. The SMILES string of the molecule is CCc1ccc(Sc2cccc(S(C)(=O)=O)n2)s1. The number of nitrogens with zero attached hydrogens (tertiary/aromatic N) is 1. The van der Waals surface area contributed by atoms with E-state index < -0.39 is 9.84 Å². The molecule has 0 saturated carbocycles. The first-order valence-corrected chi connectivity index (χ1v) is 8.95. The van der Waals surface area contributed by atoms with Crippen LogP contribution in [-0.2, 0) is 16.3 Å². The quantitative estimate of drug-likeness (QED) is 0.869. The summed E-state index contributed by atoms with van der Waals surface area (Å²) in [5, 5.41) is 0.835. The van der Waals surface area contributed by atoms with Gasteiger partial charge in [0.1, 0.15) is 5.03 Å². The number of aromatic nitrogens is 1. The highest BCUT2D eigenvalue weighted by Gasteiger charge is 2.10. The van der Waals surface area contributed by atoms with E-state index in [2.05, 4.69) is 18.0 Å². The standard InChI is InChI=1S/C12H13NO2S3/c1-3-9-7-8-12(16-9)17-10-5-4-6-11(13-10)18(2,14)15/h4-8H,3H2,1-2H3. The maximum atomic E-state index is 11.4. The van der Waals surface area contributed by atoms with E-state index in [-0.39, 0.29) is 5.03 Å². The van der Waals surface area contributed by atoms with E-state index in [1.54, 1.807) is 17.4 Å². The number of sulfone groups is 1. The molecule has 0 amide bonds. The van der Waals surface area contributed by atoms with Crippen LogP contribution in [0.3, 0.4) is 0 Å². The molecule has 0 N–H and O–H groups in total. The fourth-order valence-corrected chi connectivity index (χ4v) is 4.06. The molecule has 2 rings (SSSR count). The fraction of sp³-hybridized carbons (Fsp3) is 0.250. The molecule has 2 aromatic rings. The Morgan fingerprint density at radius 2 is 2.06 bits per heavy atom. The third-order valence-corrected chi connectivity index (χ3v) is 5.55. The monoisotopic (exact) mass is 299 g/mol. The Morgan fingerprint density at radius 3 is 2.67 bits per heavy atom. The van der Waals surface area contributed by atoms with Gasteiger partial charge in [-0.3, -0.25) is 0 Å². The summed E-state index contributed by atoms with van der Waals surface area (Å²) in [6.45, 7) is 2.11. The van der Waals surface area contributed by atoms with Gasteiger partial charge in [-0.25, -0.2) is 13.4 Å². The van der Waals surface area contributed by atoms with E-state index in [0.29, 0.717) is 5.03 Å². The summed E-state index contributed by atoms with van der Waals surface area (Å²) in [5.41, 5.74) is 0. The molecular weight excluding hydrogens is 286 g/mol. The van der Waals surface area contributed by atoms with E-state index in [0.717, 1.165) is 10.6 Å². The van der Waals surface area contributed by atoms with Gasteiger partial charge in [0.25, 0.3) is 0 Å². The van der Waals surface area contributed by atoms with Crippen LogP contribution in [0.1, 0.15) is 11.8 Å². The minimum absolute atomic E-state index is 0.125. The lowest BCUT2D eigenvalue weighted by Crippen LogP contribution is -2.00. The highest BCUT2D eigenvalue weighted by atomic mass is 32.2. The van der Waals surface area contributed by atoms with Crippen molar-refractivity contribution >= 4 is 32.9 Å². The van der Waals surface area contributed by atoms with Crippen LogP contribution in [0.2, 0.25) is 0 Å². The van der Waals surface area contributed by atoms with Gasteiger partial charge in [0.2, 0.25) is 0 Å². The molecule has 2 aromatic heterocycles. The van der Waals surface area contributed by atoms with Gasteiger partial charge < -0.3 is 0 Å². The van der Waals surface area contributed by atoms with Crippen molar-refractivity contribution in [2.75, 3.05) is 6.26 Å². The van der Waals surface area contributed by atoms with Crippen LogP contribution in [0.4, 0.5) is 0 Å². The van der Waals surface area contributed by atoms with Gasteiger partial charge in [-0.2, -0.15) is 0 Å². The average molecular weight is 299 g/mol. The maximum Gasteiger partial charge on any atom is 0.192 e. The normalized spacial score (nSPS) is 11.7. The molecular formula is C12H13NO2S3. The van der Waals surface area contributed by atoms with E-state index in [9.17, 15) is 8.42 Å². The lowest BCUT2D eigenvalue weighted by Gasteiger charge is -2.01. The number of pyridine rings is 1. The van der Waals surface area contributed by atoms with E-state index >= 15 is 0 Å². The predicted molar refractivity (Wildman–Crippen MR) is 75.2 cm³/mol. The maximum absolute atomic E-state index is 11.4. The molecule has 0 aliphatic heterocycles. The number of thiophene rings is 1. The van der Waals surface area contributed by atoms with Crippen molar-refractivity contribution in [2.45, 2.75) is 27.6 Å². The fourth-order valence-electron chi connectivity index (χ4n) is 1.37. The predicted octanol–water partition coefficient (Wildman–Crippen LogP) is 3.26. The van der Waals surface area contributed by atoms with Crippen molar-refractivity contribution in [3.05, 3.63) is 35.2 Å². The van der Waals surface area contributed by atoms with Gasteiger partial charge in [0, 0.05) is 11.1 Å². The summed E-state index contributed by atoms with van der Waals surface area (Å²) < 4.78 is 24.0. The lowest BCUT2D eigenvalue weighted by atomic mass is 10.4. The second kappa shape index (κ2) is 5.42. The third kappa shape index (κ3) is 3.34. The van der Waals surface area contributed by atoms with Crippen LogP contribution in [-0.4, -0.2) is 19.7 Å². The number of hydrogen-bond donors (Lipinski definition) is 0. The first-order chi connectivity index (χ1) is 8.49. The van der Waals surface area contributed by atoms with Crippen LogP contribution in [0.15, 0.2) is 44.6 Å². The molecule has 96 valence electrons. The zero-order valence-corrected chi connectivity index (χ0v) is 12.5. The van der Waals surface area contributed by atoms with Crippen LogP contribution in [0.5, 0.6) is 0 Å². The Labute approximate surface area is 115 Å². The second-order valence-corrected chi connectivity index (χ2v) is 8.21. The molecule has 0 saturated heterocycles. The molecule has 0 aliphatic rings. The summed E-state index contributed by atoms with van der Waals surface area (Å²) in [4.78, 5) is 5.47. The van der Waals surface area contributed by atoms with Crippen molar-refractivity contribution in [3.8, 4) is 0 Å². The van der Waals surface area contributed by atoms with Crippen LogP contribution in [0, 0.1) is 0 Å². The zero-order chi connectivity index (χ0) is 13.2. The van der Waals surface area contributed by atoms with Crippen molar-refractivity contribution in [3.63, 3.8) is 0 Å². The highest BCUT2D eigenvalue weighted by Crippen LogP contribution is 2.32. The van der Waals surface area contributed by atoms with E-state index in [1.807, 2.05) is 12.1 Å². The lowest BCUT2D eigenvalue weighted by molar-refractivity contribution is 0.597. The van der Waals surface area contributed by atoms with Gasteiger partial charge >= 0.3 is 0 Å². The molecule has 0 spiro atoms. The minimum Gasteiger partial charge on any atom is -0.230 e. The van der Waals surface area contributed by atoms with Crippen LogP contribution in [0.25, 0.3) is 0 Å². The first kappa shape index (κ1) is 13.6. The summed E-state index contributed by atoms with van der Waals surface area (Å²) >= 11 is 3.21. The Balaban J connectivity index is 2.24. The summed E-state index contributed by atoms with van der Waals surface area (Å²) in [6.07, 6.45) is 2.19. The second-order valence-electron chi connectivity index (χ2n) is 3.76. The largest absolute Gasteiger partial charge is 0.230 e. The van der Waals surface area contributed by atoms with E-state index in [1.165, 1.54) is 29.0 Å². The number of hydrogen-bond acceptors (Lipinski definition) is 5. The van der Waals surface area contributed by atoms with Gasteiger partial charge in [-0.05, 0) is 30.7 Å². The molecule has 0 aliphatic carbocycles. The van der Waals surface area contributed by atoms with Gasteiger partial charge in [0.15, 0.2) is 14.9 Å². The molecule has 0 aromatic carbocycles. The van der Waals surface area contributed by atoms with E-state index in [4.69, 9.17) is 0 Å². The smallest absolute Gasteiger partial charge is 0.192 e. The number of aryl methyl sites for hydroxylation is 1. The third-order valence-electron chi connectivity index (χ3n) is 2.27. The summed E-state index contributed by atoms with van der Waals surface area (Å²) in [5.74, 6) is 0. The Bertz CT molecular complexity index is 647. The molecule has 0 fully saturated rings. The van der Waals surface area contributed by atoms with Crippen molar-refractivity contribution in [1.82, 2.24) is 4.98 Å². The minimum atomic E-state index is -3.24. The molecule has 3 nitrogen and oxygen atoms in total. The molecule has 18 heavy (non-hydrogen) atoms. The first-order valence-electron chi connectivity index (χ1n) is 5.42. The highest BCUT2D eigenvalue weighted by molar-refractivity contribution is 8.01. The Kier molecular flexibility index (Phi) is 4.09. The van der Waals surface area contributed by atoms with Crippen molar-refractivity contribution in [1.29, 1.82) is 0 Å². The summed E-state index contributed by atoms with van der Waals surface area (Å²) in [7, 11) is -3.24. The topological polar surface area (TPSA) is 47.0 Å². The Morgan fingerprint density at radius 1 is 1.28 bits per heavy atom. The van der Waals surface area contributed by atoms with Gasteiger partial charge in [0.05, 0.1) is 4.21 Å². The molecule has 0 unspecified atom stereocenters. The number of rotatable bonds is 4. The summed E-state index contributed by atoms with van der Waals surface area (Å²) in [6, 6.07) is 9.20. The average Bonchev–Trinajstić information content (AvgIpc) is 2.76. The van der Waals surface area contributed by atoms with Crippen LogP contribution >= 0.6 is 23.1 Å². The molecule has 0 bridgehead atoms. The molecule has 6 heteroatoms. The zero-order valence-electron chi connectivity index (χ0n) is 10.1. The Hall–Kier alpha value is -0.850. The van der Waals surface area contributed by atoms with Crippen molar-refractivity contribution < 1.29 is 8.42 Å². The molecule has 0 radical (unpaired) electrons. The van der Waals surface area contributed by atoms with Crippen LogP contribution < -0.4 is 0 Å². The van der Waals surface area contributed by atoms with Gasteiger partial charge in [-0.15, -0.1) is 11.3 Å². The van der Waals surface area contributed by atoms with Gasteiger partial charge in [-0.1, -0.05) is 24.8 Å². The van der Waals surface area contributed by atoms with Crippen molar-refractivity contribution in [2.24, 2.45) is 0 Å².